The summed E-state index contributed by atoms with van der Waals surface area (Å²) in [5, 5.41) is 0. The van der Waals surface area contributed by atoms with Gasteiger partial charge in [-0.1, -0.05) is 30.3 Å². The molecule has 1 atom stereocenters. The van der Waals surface area contributed by atoms with Crippen LogP contribution in [0.25, 0.3) is 0 Å². The number of ether oxygens (including phenoxy) is 1. The highest BCUT2D eigenvalue weighted by Crippen LogP contribution is 2.51. The molecule has 1 heterocycles. The predicted octanol–water partition coefficient (Wildman–Crippen LogP) is 4.19. The molecule has 1 amide bonds. The number of hydrogen-bond donors (Lipinski definition) is 0. The highest BCUT2D eigenvalue weighted by Gasteiger charge is 2.50. The zero-order valence-corrected chi connectivity index (χ0v) is 13.3. The molecule has 2 fully saturated rings. The van der Waals surface area contributed by atoms with Crippen molar-refractivity contribution in [2.75, 3.05) is 13.1 Å². The van der Waals surface area contributed by atoms with Gasteiger partial charge < -0.3 is 9.64 Å². The van der Waals surface area contributed by atoms with Gasteiger partial charge in [-0.15, -0.1) is 0 Å². The van der Waals surface area contributed by atoms with Crippen LogP contribution in [0.2, 0.25) is 0 Å². The largest absolute Gasteiger partial charge is 0.444 e. The molecule has 0 unspecified atom stereocenters. The van der Waals surface area contributed by atoms with Crippen LogP contribution >= 0.6 is 0 Å². The molecular formula is C18H25NO2. The summed E-state index contributed by atoms with van der Waals surface area (Å²) in [7, 11) is 0. The number of carbonyl (C=O) groups excluding carboxylic acids is 1. The summed E-state index contributed by atoms with van der Waals surface area (Å²) in [4.78, 5) is 13.9. The Bertz CT molecular complexity index is 512. The Morgan fingerprint density at radius 1 is 1.24 bits per heavy atom. The van der Waals surface area contributed by atoms with E-state index in [1.807, 2.05) is 25.7 Å². The number of hydrogen-bond acceptors (Lipinski definition) is 2. The Hall–Kier alpha value is -1.51. The second-order valence-corrected chi connectivity index (χ2v) is 7.69. The van der Waals surface area contributed by atoms with Crippen LogP contribution in [-0.2, 0) is 4.74 Å². The van der Waals surface area contributed by atoms with Gasteiger partial charge in [0.05, 0.1) is 0 Å². The fraction of sp³-hybridized carbons (Fsp3) is 0.611. The average molecular weight is 287 g/mol. The van der Waals surface area contributed by atoms with Gasteiger partial charge in [0.25, 0.3) is 0 Å². The monoisotopic (exact) mass is 287 g/mol. The van der Waals surface area contributed by atoms with E-state index in [0.29, 0.717) is 11.3 Å². The van der Waals surface area contributed by atoms with E-state index in [4.69, 9.17) is 4.74 Å². The molecule has 21 heavy (non-hydrogen) atoms. The van der Waals surface area contributed by atoms with Gasteiger partial charge >= 0.3 is 6.09 Å². The van der Waals surface area contributed by atoms with Crippen LogP contribution < -0.4 is 0 Å². The molecule has 2 aliphatic rings. The van der Waals surface area contributed by atoms with Crippen LogP contribution in [0.1, 0.15) is 51.5 Å². The van der Waals surface area contributed by atoms with Crippen molar-refractivity contribution < 1.29 is 9.53 Å². The highest BCUT2D eigenvalue weighted by atomic mass is 16.6. The molecule has 1 aromatic carbocycles. The van der Waals surface area contributed by atoms with Crippen molar-refractivity contribution in [2.45, 2.75) is 51.6 Å². The van der Waals surface area contributed by atoms with Crippen LogP contribution in [-0.4, -0.2) is 29.7 Å². The van der Waals surface area contributed by atoms with Gasteiger partial charge in [-0.25, -0.2) is 4.79 Å². The van der Waals surface area contributed by atoms with Crippen molar-refractivity contribution in [3.8, 4) is 0 Å². The molecule has 3 heteroatoms. The Morgan fingerprint density at radius 2 is 1.90 bits per heavy atom. The maximum Gasteiger partial charge on any atom is 0.410 e. The lowest BCUT2D eigenvalue weighted by molar-refractivity contribution is -0.0323. The molecular weight excluding hydrogens is 262 g/mol. The van der Waals surface area contributed by atoms with E-state index in [1.54, 1.807) is 0 Å². The van der Waals surface area contributed by atoms with Gasteiger partial charge in [-0.05, 0) is 51.5 Å². The highest BCUT2D eigenvalue weighted by molar-refractivity contribution is 5.69. The van der Waals surface area contributed by atoms with E-state index in [0.717, 1.165) is 13.1 Å². The minimum absolute atomic E-state index is 0.156. The van der Waals surface area contributed by atoms with Crippen LogP contribution in [0, 0.1) is 5.41 Å². The molecule has 1 spiro atoms. The lowest BCUT2D eigenvalue weighted by Crippen LogP contribution is -2.58. The Balaban J connectivity index is 1.55. The van der Waals surface area contributed by atoms with Gasteiger partial charge in [0.2, 0.25) is 0 Å². The zero-order valence-electron chi connectivity index (χ0n) is 13.3. The fourth-order valence-corrected chi connectivity index (χ4v) is 3.72. The number of benzene rings is 1. The van der Waals surface area contributed by atoms with Crippen molar-refractivity contribution >= 4 is 6.09 Å². The first-order chi connectivity index (χ1) is 9.87. The molecule has 1 aromatic rings. The van der Waals surface area contributed by atoms with E-state index in [9.17, 15) is 4.79 Å². The third kappa shape index (κ3) is 3.07. The molecule has 0 aromatic heterocycles. The zero-order chi connectivity index (χ0) is 15.1. The summed E-state index contributed by atoms with van der Waals surface area (Å²) in [6, 6.07) is 10.8. The second kappa shape index (κ2) is 5.04. The van der Waals surface area contributed by atoms with E-state index in [1.165, 1.54) is 24.8 Å². The van der Waals surface area contributed by atoms with E-state index in [2.05, 4.69) is 30.3 Å². The molecule has 1 aliphatic heterocycles. The second-order valence-electron chi connectivity index (χ2n) is 7.69. The molecule has 1 aliphatic carbocycles. The summed E-state index contributed by atoms with van der Waals surface area (Å²) >= 11 is 0. The summed E-state index contributed by atoms with van der Waals surface area (Å²) < 4.78 is 5.44. The van der Waals surface area contributed by atoms with Crippen LogP contribution in [0.3, 0.4) is 0 Å². The number of nitrogens with zero attached hydrogens (tertiary/aromatic N) is 1. The first kappa shape index (κ1) is 14.4. The smallest absolute Gasteiger partial charge is 0.410 e. The van der Waals surface area contributed by atoms with Gasteiger partial charge in [0.15, 0.2) is 0 Å². The minimum atomic E-state index is -0.401. The van der Waals surface area contributed by atoms with Crippen LogP contribution in [0.5, 0.6) is 0 Å². The van der Waals surface area contributed by atoms with Crippen LogP contribution in [0.15, 0.2) is 30.3 Å². The third-order valence-corrected chi connectivity index (χ3v) is 4.68. The normalized spacial score (nSPS) is 24.0. The quantitative estimate of drug-likeness (QED) is 0.775. The Kier molecular flexibility index (Phi) is 3.46. The number of carbonyl (C=O) groups is 1. The van der Waals surface area contributed by atoms with E-state index >= 15 is 0 Å². The van der Waals surface area contributed by atoms with Crippen molar-refractivity contribution in [1.82, 2.24) is 4.90 Å². The topological polar surface area (TPSA) is 29.5 Å². The molecule has 1 saturated heterocycles. The SMILES string of the molecule is CC(C)(C)OC(=O)N1CC2(CC[C@H](c3ccccc3)C2)C1. The molecule has 3 rings (SSSR count). The lowest BCUT2D eigenvalue weighted by Gasteiger charge is -2.48. The number of amides is 1. The maximum absolute atomic E-state index is 12.0. The number of rotatable bonds is 1. The van der Waals surface area contributed by atoms with Crippen molar-refractivity contribution in [2.24, 2.45) is 5.41 Å². The standard InChI is InChI=1S/C18H25NO2/c1-17(2,3)21-16(20)19-12-18(13-19)10-9-15(11-18)14-7-5-4-6-8-14/h4-8,15H,9-13H2,1-3H3/t15-/m0/s1. The van der Waals surface area contributed by atoms with Crippen molar-refractivity contribution in [1.29, 1.82) is 0 Å². The third-order valence-electron chi connectivity index (χ3n) is 4.68. The van der Waals surface area contributed by atoms with Crippen molar-refractivity contribution in [3.63, 3.8) is 0 Å². The van der Waals surface area contributed by atoms with Crippen LogP contribution in [0.4, 0.5) is 4.79 Å². The molecule has 3 nitrogen and oxygen atoms in total. The van der Waals surface area contributed by atoms with Gasteiger partial charge in [-0.3, -0.25) is 0 Å². The van der Waals surface area contributed by atoms with E-state index < -0.39 is 5.60 Å². The maximum atomic E-state index is 12.0. The van der Waals surface area contributed by atoms with Crippen molar-refractivity contribution in [3.05, 3.63) is 35.9 Å². The molecule has 0 N–H and O–H groups in total. The lowest BCUT2D eigenvalue weighted by atomic mass is 9.77. The Morgan fingerprint density at radius 3 is 2.52 bits per heavy atom. The fourth-order valence-electron chi connectivity index (χ4n) is 3.72. The van der Waals surface area contributed by atoms with Gasteiger partial charge in [0, 0.05) is 18.5 Å². The molecule has 1 saturated carbocycles. The molecule has 0 bridgehead atoms. The summed E-state index contributed by atoms with van der Waals surface area (Å²) in [6.45, 7) is 7.49. The summed E-state index contributed by atoms with van der Waals surface area (Å²) in [5.41, 5.74) is 1.39. The molecule has 0 radical (unpaired) electrons. The predicted molar refractivity (Wildman–Crippen MR) is 83.3 cm³/mol. The summed E-state index contributed by atoms with van der Waals surface area (Å²) in [6.07, 6.45) is 3.52. The number of likely N-dealkylation sites (tertiary alicyclic amines) is 1. The van der Waals surface area contributed by atoms with Gasteiger partial charge in [0.1, 0.15) is 5.60 Å². The first-order valence-corrected chi connectivity index (χ1v) is 7.90. The van der Waals surface area contributed by atoms with Gasteiger partial charge in [-0.2, -0.15) is 0 Å². The Labute approximate surface area is 127 Å². The average Bonchev–Trinajstić information content (AvgIpc) is 2.81. The first-order valence-electron chi connectivity index (χ1n) is 7.90. The summed E-state index contributed by atoms with van der Waals surface area (Å²) in [5.74, 6) is 0.659. The molecule has 114 valence electrons. The van der Waals surface area contributed by atoms with E-state index in [-0.39, 0.29) is 6.09 Å². The minimum Gasteiger partial charge on any atom is -0.444 e.